The molecule has 6 heteroatoms. The maximum atomic E-state index is 11.8. The molecule has 0 aliphatic carbocycles. The van der Waals surface area contributed by atoms with Gasteiger partial charge in [-0.2, -0.15) is 0 Å². The topological polar surface area (TPSA) is 56.7 Å². The van der Waals surface area contributed by atoms with E-state index in [-0.39, 0.29) is 29.9 Å². The summed E-state index contributed by atoms with van der Waals surface area (Å²) in [6.07, 6.45) is 2.62. The van der Waals surface area contributed by atoms with Crippen LogP contribution in [0.4, 0.5) is 0 Å². The Morgan fingerprint density at radius 3 is 2.52 bits per heavy atom. The number of hydrogen-bond acceptors (Lipinski definition) is 2. The molecule has 1 heterocycles. The molecule has 3 rings (SSSR count). The first-order valence-electron chi connectivity index (χ1n) is 10.2. The Kier molecular flexibility index (Phi) is 9.97. The molecule has 0 atom stereocenters. The summed E-state index contributed by atoms with van der Waals surface area (Å²) in [7, 11) is 0. The van der Waals surface area contributed by atoms with Gasteiger partial charge in [0.25, 0.3) is 0 Å². The molecule has 0 unspecified atom stereocenters. The van der Waals surface area contributed by atoms with Crippen molar-refractivity contribution in [2.75, 3.05) is 19.6 Å². The molecule has 0 bridgehead atoms. The fourth-order valence-electron chi connectivity index (χ4n) is 3.40. The smallest absolute Gasteiger partial charge is 0.222 e. The van der Waals surface area contributed by atoms with E-state index in [1.807, 2.05) is 11.0 Å². The van der Waals surface area contributed by atoms with Crippen molar-refractivity contribution in [3.63, 3.8) is 0 Å². The highest BCUT2D eigenvalue weighted by Crippen LogP contribution is 2.15. The van der Waals surface area contributed by atoms with Crippen LogP contribution in [-0.2, 0) is 24.3 Å². The zero-order valence-electron chi connectivity index (χ0n) is 17.1. The summed E-state index contributed by atoms with van der Waals surface area (Å²) in [4.78, 5) is 18.5. The predicted octanol–water partition coefficient (Wildman–Crippen LogP) is 3.72. The van der Waals surface area contributed by atoms with Gasteiger partial charge in [-0.05, 0) is 36.5 Å². The van der Waals surface area contributed by atoms with Crippen molar-refractivity contribution in [2.24, 2.45) is 4.99 Å². The summed E-state index contributed by atoms with van der Waals surface area (Å²) in [5.41, 5.74) is 3.64. The Bertz CT molecular complexity index is 794. The zero-order chi connectivity index (χ0) is 19.6. The normalized spacial score (nSPS) is 13.9. The minimum Gasteiger partial charge on any atom is -0.357 e. The molecule has 0 saturated carbocycles. The Morgan fingerprint density at radius 2 is 1.79 bits per heavy atom. The molecule has 156 valence electrons. The molecule has 1 amide bonds. The van der Waals surface area contributed by atoms with Gasteiger partial charge in [0.15, 0.2) is 5.96 Å². The lowest BCUT2D eigenvalue weighted by Crippen LogP contribution is -2.38. The van der Waals surface area contributed by atoms with Gasteiger partial charge in [0.1, 0.15) is 0 Å². The van der Waals surface area contributed by atoms with E-state index in [1.54, 1.807) is 0 Å². The Labute approximate surface area is 191 Å². The largest absolute Gasteiger partial charge is 0.357 e. The van der Waals surface area contributed by atoms with Gasteiger partial charge in [-0.3, -0.25) is 4.79 Å². The lowest BCUT2D eigenvalue weighted by atomic mass is 10.1. The van der Waals surface area contributed by atoms with Crippen LogP contribution in [0.1, 0.15) is 36.5 Å². The van der Waals surface area contributed by atoms with Gasteiger partial charge in [0.2, 0.25) is 5.91 Å². The van der Waals surface area contributed by atoms with E-state index in [0.29, 0.717) is 19.5 Å². The van der Waals surface area contributed by atoms with Crippen molar-refractivity contribution in [3.05, 3.63) is 71.3 Å². The minimum atomic E-state index is 0. The summed E-state index contributed by atoms with van der Waals surface area (Å²) in [5.74, 6) is 1.10. The first-order chi connectivity index (χ1) is 13.7. The summed E-state index contributed by atoms with van der Waals surface area (Å²) in [5, 5.41) is 6.71. The highest BCUT2D eigenvalue weighted by molar-refractivity contribution is 14.0. The van der Waals surface area contributed by atoms with E-state index in [1.165, 1.54) is 11.1 Å². The van der Waals surface area contributed by atoms with Crippen molar-refractivity contribution >= 4 is 35.8 Å². The second kappa shape index (κ2) is 12.5. The van der Waals surface area contributed by atoms with Crippen molar-refractivity contribution in [3.8, 4) is 0 Å². The fourth-order valence-corrected chi connectivity index (χ4v) is 3.40. The maximum Gasteiger partial charge on any atom is 0.222 e. The lowest BCUT2D eigenvalue weighted by Gasteiger charge is -2.16. The van der Waals surface area contributed by atoms with Crippen LogP contribution in [0.15, 0.2) is 59.6 Å². The van der Waals surface area contributed by atoms with Crippen molar-refractivity contribution in [2.45, 2.75) is 39.3 Å². The molecule has 5 nitrogen and oxygen atoms in total. The molecule has 0 radical (unpaired) electrons. The first-order valence-corrected chi connectivity index (χ1v) is 10.2. The van der Waals surface area contributed by atoms with E-state index in [4.69, 9.17) is 4.99 Å². The number of nitrogens with one attached hydrogen (secondary N) is 2. The van der Waals surface area contributed by atoms with E-state index in [2.05, 4.69) is 66.1 Å². The Morgan fingerprint density at radius 1 is 1.03 bits per heavy atom. The molecule has 1 saturated heterocycles. The van der Waals surface area contributed by atoms with Crippen molar-refractivity contribution in [1.29, 1.82) is 0 Å². The molecule has 1 aliphatic rings. The van der Waals surface area contributed by atoms with Crippen LogP contribution >= 0.6 is 24.0 Å². The number of nitrogens with zero attached hydrogens (tertiary/aromatic N) is 2. The number of carbonyl (C=O) groups excluding carboxylic acids is 1. The lowest BCUT2D eigenvalue weighted by molar-refractivity contribution is -0.128. The Balaban J connectivity index is 0.00000300. The Hall–Kier alpha value is -2.09. The quantitative estimate of drug-likeness (QED) is 0.326. The number of hydrogen-bond donors (Lipinski definition) is 2. The monoisotopic (exact) mass is 506 g/mol. The average Bonchev–Trinajstić information content (AvgIpc) is 3.12. The summed E-state index contributed by atoms with van der Waals surface area (Å²) < 4.78 is 0. The van der Waals surface area contributed by atoms with Crippen molar-refractivity contribution < 1.29 is 4.79 Å². The molecule has 2 aromatic rings. The van der Waals surface area contributed by atoms with E-state index < -0.39 is 0 Å². The highest BCUT2D eigenvalue weighted by atomic mass is 127. The maximum absolute atomic E-state index is 11.8. The first kappa shape index (κ1) is 23.2. The highest BCUT2D eigenvalue weighted by Gasteiger charge is 2.19. The summed E-state index contributed by atoms with van der Waals surface area (Å²) in [6.45, 7) is 5.93. The fraction of sp³-hybridized carbons (Fsp3) is 0.391. The number of rotatable bonds is 8. The number of carbonyl (C=O) groups is 1. The number of likely N-dealkylation sites (tertiary alicyclic amines) is 1. The molecular weight excluding hydrogens is 475 g/mol. The van der Waals surface area contributed by atoms with Gasteiger partial charge >= 0.3 is 0 Å². The van der Waals surface area contributed by atoms with Gasteiger partial charge in [0, 0.05) is 32.6 Å². The third kappa shape index (κ3) is 7.68. The SMILES string of the molecule is CCNC(=NCc1cccc(CN2CCCC2=O)c1)NCCc1ccccc1.I. The van der Waals surface area contributed by atoms with E-state index >= 15 is 0 Å². The van der Waals surface area contributed by atoms with Gasteiger partial charge in [-0.25, -0.2) is 4.99 Å². The van der Waals surface area contributed by atoms with Gasteiger partial charge in [-0.15, -0.1) is 24.0 Å². The molecule has 2 aromatic carbocycles. The van der Waals surface area contributed by atoms with Crippen LogP contribution in [0.5, 0.6) is 0 Å². The molecule has 0 spiro atoms. The third-order valence-corrected chi connectivity index (χ3v) is 4.85. The van der Waals surface area contributed by atoms with E-state index in [0.717, 1.165) is 44.0 Å². The van der Waals surface area contributed by atoms with Crippen LogP contribution < -0.4 is 10.6 Å². The van der Waals surface area contributed by atoms with Crippen molar-refractivity contribution in [1.82, 2.24) is 15.5 Å². The summed E-state index contributed by atoms with van der Waals surface area (Å²) in [6, 6.07) is 18.8. The van der Waals surface area contributed by atoms with Gasteiger partial charge < -0.3 is 15.5 Å². The van der Waals surface area contributed by atoms with Crippen LogP contribution in [0.3, 0.4) is 0 Å². The molecule has 1 aliphatic heterocycles. The number of aliphatic imine (C=N–C) groups is 1. The molecular formula is C23H31IN4O. The van der Waals surface area contributed by atoms with Crippen LogP contribution in [0.25, 0.3) is 0 Å². The van der Waals surface area contributed by atoms with E-state index in [9.17, 15) is 4.79 Å². The predicted molar refractivity (Wildman–Crippen MR) is 129 cm³/mol. The van der Waals surface area contributed by atoms with Crippen LogP contribution in [0, 0.1) is 0 Å². The molecule has 2 N–H and O–H groups in total. The number of benzene rings is 2. The molecule has 29 heavy (non-hydrogen) atoms. The summed E-state index contributed by atoms with van der Waals surface area (Å²) >= 11 is 0. The zero-order valence-corrected chi connectivity index (χ0v) is 19.4. The molecule has 0 aromatic heterocycles. The number of halogens is 1. The second-order valence-corrected chi connectivity index (χ2v) is 7.10. The molecule has 1 fully saturated rings. The minimum absolute atomic E-state index is 0. The number of amides is 1. The average molecular weight is 506 g/mol. The van der Waals surface area contributed by atoms with Gasteiger partial charge in [-0.1, -0.05) is 54.6 Å². The van der Waals surface area contributed by atoms with Gasteiger partial charge in [0.05, 0.1) is 6.54 Å². The van der Waals surface area contributed by atoms with Crippen LogP contribution in [-0.4, -0.2) is 36.4 Å². The second-order valence-electron chi connectivity index (χ2n) is 7.10. The van der Waals surface area contributed by atoms with Crippen LogP contribution in [0.2, 0.25) is 0 Å². The standard InChI is InChI=1S/C23H30N4O.HI/c1-2-24-23(25-14-13-19-8-4-3-5-9-19)26-17-20-10-6-11-21(16-20)18-27-15-7-12-22(27)28;/h3-6,8-11,16H,2,7,12-15,17-18H2,1H3,(H2,24,25,26);1H. The number of guanidine groups is 1. The third-order valence-electron chi connectivity index (χ3n) is 4.85.